The quantitative estimate of drug-likeness (QED) is 0.344. The predicted molar refractivity (Wildman–Crippen MR) is 127 cm³/mol. The van der Waals surface area contributed by atoms with Gasteiger partial charge in [0.05, 0.1) is 18.6 Å². The van der Waals surface area contributed by atoms with Crippen molar-refractivity contribution in [2.24, 2.45) is 0 Å². The SMILES string of the molecule is COc1ccc(-c2n[nH]c(=S)n2CC(=O)N(C)CCCOc2cccc(S(C)(=O)=O)c2)cc1. The molecular weight excluding hydrogens is 464 g/mol. The topological polar surface area (TPSA) is 107 Å². The fourth-order valence-corrected chi connectivity index (χ4v) is 3.94. The number of hydrogen-bond acceptors (Lipinski definition) is 7. The number of ether oxygens (including phenoxy) is 2. The number of likely N-dealkylation sites (N-methyl/N-ethyl adjacent to an activating group) is 1. The summed E-state index contributed by atoms with van der Waals surface area (Å²) >= 11 is 5.31. The van der Waals surface area contributed by atoms with Crippen LogP contribution in [0.15, 0.2) is 53.4 Å². The largest absolute Gasteiger partial charge is 0.497 e. The van der Waals surface area contributed by atoms with Gasteiger partial charge in [-0.25, -0.2) is 8.42 Å². The van der Waals surface area contributed by atoms with Crippen LogP contribution in [0.3, 0.4) is 0 Å². The van der Waals surface area contributed by atoms with Gasteiger partial charge in [0.25, 0.3) is 0 Å². The molecule has 0 atom stereocenters. The number of sulfone groups is 1. The Kier molecular flexibility index (Phi) is 7.88. The van der Waals surface area contributed by atoms with Gasteiger partial charge in [0.2, 0.25) is 5.91 Å². The number of nitrogens with one attached hydrogen (secondary N) is 1. The maximum absolute atomic E-state index is 12.8. The van der Waals surface area contributed by atoms with Gasteiger partial charge in [-0.05, 0) is 61.1 Å². The van der Waals surface area contributed by atoms with E-state index < -0.39 is 9.84 Å². The Bertz CT molecular complexity index is 1270. The van der Waals surface area contributed by atoms with E-state index in [0.717, 1.165) is 17.6 Å². The van der Waals surface area contributed by atoms with E-state index in [1.54, 1.807) is 35.8 Å². The molecule has 0 fully saturated rings. The molecule has 1 aromatic heterocycles. The lowest BCUT2D eigenvalue weighted by molar-refractivity contribution is -0.130. The van der Waals surface area contributed by atoms with Gasteiger partial charge in [-0.15, -0.1) is 0 Å². The zero-order valence-electron chi connectivity index (χ0n) is 18.6. The Morgan fingerprint density at radius 3 is 2.58 bits per heavy atom. The molecule has 0 aliphatic carbocycles. The van der Waals surface area contributed by atoms with Crippen LogP contribution in [0, 0.1) is 4.77 Å². The summed E-state index contributed by atoms with van der Waals surface area (Å²) in [6, 6.07) is 13.7. The normalized spacial score (nSPS) is 11.2. The monoisotopic (exact) mass is 490 g/mol. The standard InChI is InChI=1S/C22H26N4O5S2/c1-25(12-5-13-31-18-6-4-7-19(14-18)33(3,28)29)20(27)15-26-21(23-24-22(26)32)16-8-10-17(30-2)11-9-16/h4,6-11,14H,5,12-13,15H2,1-3H3,(H,24,32). The van der Waals surface area contributed by atoms with Crippen LogP contribution in [-0.4, -0.2) is 67.6 Å². The zero-order valence-corrected chi connectivity index (χ0v) is 20.3. The minimum absolute atomic E-state index is 0.0461. The van der Waals surface area contributed by atoms with E-state index in [9.17, 15) is 13.2 Å². The van der Waals surface area contributed by atoms with Gasteiger partial charge >= 0.3 is 0 Å². The van der Waals surface area contributed by atoms with Crippen molar-refractivity contribution in [3.8, 4) is 22.9 Å². The molecule has 176 valence electrons. The van der Waals surface area contributed by atoms with E-state index in [1.165, 1.54) is 12.1 Å². The summed E-state index contributed by atoms with van der Waals surface area (Å²) in [6.07, 6.45) is 1.73. The van der Waals surface area contributed by atoms with Gasteiger partial charge in [0.15, 0.2) is 20.4 Å². The minimum Gasteiger partial charge on any atom is -0.497 e. The second-order valence-corrected chi connectivity index (χ2v) is 9.83. The molecule has 0 saturated carbocycles. The molecule has 0 spiro atoms. The number of rotatable bonds is 10. The number of methoxy groups -OCH3 is 1. The number of hydrogen-bond donors (Lipinski definition) is 1. The lowest BCUT2D eigenvalue weighted by Crippen LogP contribution is -2.32. The van der Waals surface area contributed by atoms with Gasteiger partial charge in [-0.1, -0.05) is 6.07 Å². The number of aromatic amines is 1. The second kappa shape index (κ2) is 10.6. The molecule has 1 amide bonds. The van der Waals surface area contributed by atoms with E-state index in [1.807, 2.05) is 24.3 Å². The Labute approximate surface area is 197 Å². The summed E-state index contributed by atoms with van der Waals surface area (Å²) in [5.41, 5.74) is 0.809. The van der Waals surface area contributed by atoms with E-state index >= 15 is 0 Å². The van der Waals surface area contributed by atoms with Crippen molar-refractivity contribution in [3.63, 3.8) is 0 Å². The van der Waals surface area contributed by atoms with E-state index in [-0.39, 0.29) is 17.3 Å². The third kappa shape index (κ3) is 6.42. The number of H-pyrrole nitrogens is 1. The van der Waals surface area contributed by atoms with Gasteiger partial charge < -0.3 is 14.4 Å². The molecule has 3 aromatic rings. The number of nitrogens with zero attached hydrogens (tertiary/aromatic N) is 3. The summed E-state index contributed by atoms with van der Waals surface area (Å²) in [4.78, 5) is 14.6. The molecule has 11 heteroatoms. The first-order valence-electron chi connectivity index (χ1n) is 10.2. The van der Waals surface area contributed by atoms with Crippen molar-refractivity contribution in [1.82, 2.24) is 19.7 Å². The molecule has 2 aromatic carbocycles. The smallest absolute Gasteiger partial charge is 0.242 e. The number of carbonyl (C=O) groups is 1. The fourth-order valence-electron chi connectivity index (χ4n) is 3.09. The van der Waals surface area contributed by atoms with Gasteiger partial charge in [-0.2, -0.15) is 5.10 Å². The Balaban J connectivity index is 1.55. The van der Waals surface area contributed by atoms with Crippen LogP contribution < -0.4 is 9.47 Å². The average molecular weight is 491 g/mol. The van der Waals surface area contributed by atoms with E-state index in [0.29, 0.717) is 35.9 Å². The molecule has 1 N–H and O–H groups in total. The highest BCUT2D eigenvalue weighted by Gasteiger charge is 2.15. The van der Waals surface area contributed by atoms with Crippen LogP contribution in [0.2, 0.25) is 0 Å². The highest BCUT2D eigenvalue weighted by Crippen LogP contribution is 2.21. The lowest BCUT2D eigenvalue weighted by atomic mass is 10.2. The van der Waals surface area contributed by atoms with E-state index in [4.69, 9.17) is 21.7 Å². The van der Waals surface area contributed by atoms with Crippen LogP contribution >= 0.6 is 12.2 Å². The van der Waals surface area contributed by atoms with Crippen molar-refractivity contribution >= 4 is 28.0 Å². The Morgan fingerprint density at radius 1 is 1.18 bits per heavy atom. The van der Waals surface area contributed by atoms with Crippen molar-refractivity contribution in [2.45, 2.75) is 17.9 Å². The van der Waals surface area contributed by atoms with Gasteiger partial charge in [-0.3, -0.25) is 14.5 Å². The third-order valence-electron chi connectivity index (χ3n) is 4.97. The van der Waals surface area contributed by atoms with Gasteiger partial charge in [0.1, 0.15) is 18.0 Å². The summed E-state index contributed by atoms with van der Waals surface area (Å²) in [7, 11) is 0.0123. The summed E-state index contributed by atoms with van der Waals surface area (Å²) in [5.74, 6) is 1.64. The fraction of sp³-hybridized carbons (Fsp3) is 0.318. The third-order valence-corrected chi connectivity index (χ3v) is 6.39. The highest BCUT2D eigenvalue weighted by molar-refractivity contribution is 7.90. The first-order valence-corrected chi connectivity index (χ1v) is 12.5. The number of amides is 1. The van der Waals surface area contributed by atoms with Crippen LogP contribution in [0.25, 0.3) is 11.4 Å². The summed E-state index contributed by atoms with van der Waals surface area (Å²) in [6.45, 7) is 0.852. The summed E-state index contributed by atoms with van der Waals surface area (Å²) in [5, 5.41) is 7.00. The van der Waals surface area contributed by atoms with Crippen LogP contribution in [0.5, 0.6) is 11.5 Å². The first-order chi connectivity index (χ1) is 15.7. The number of aromatic nitrogens is 3. The molecule has 3 rings (SSSR count). The van der Waals surface area contributed by atoms with Crippen LogP contribution in [0.4, 0.5) is 0 Å². The Morgan fingerprint density at radius 2 is 1.91 bits per heavy atom. The molecule has 9 nitrogen and oxygen atoms in total. The zero-order chi connectivity index (χ0) is 24.0. The molecular formula is C22H26N4O5S2. The molecule has 33 heavy (non-hydrogen) atoms. The molecule has 0 saturated heterocycles. The van der Waals surface area contributed by atoms with Crippen molar-refractivity contribution in [2.75, 3.05) is 33.6 Å². The molecule has 1 heterocycles. The van der Waals surface area contributed by atoms with Crippen molar-refractivity contribution in [1.29, 1.82) is 0 Å². The average Bonchev–Trinajstić information content (AvgIpc) is 3.16. The van der Waals surface area contributed by atoms with Crippen LogP contribution in [-0.2, 0) is 21.2 Å². The molecule has 0 unspecified atom stereocenters. The predicted octanol–water partition coefficient (Wildman–Crippen LogP) is 2.95. The maximum atomic E-state index is 12.8. The van der Waals surface area contributed by atoms with E-state index in [2.05, 4.69) is 10.2 Å². The lowest BCUT2D eigenvalue weighted by Gasteiger charge is -2.18. The van der Waals surface area contributed by atoms with Crippen molar-refractivity contribution in [3.05, 3.63) is 53.3 Å². The Hall–Kier alpha value is -3.18. The second-order valence-electron chi connectivity index (χ2n) is 7.43. The number of carbonyl (C=O) groups excluding carboxylic acids is 1. The molecule has 0 bridgehead atoms. The molecule has 0 aliphatic rings. The van der Waals surface area contributed by atoms with Crippen molar-refractivity contribution < 1.29 is 22.7 Å². The molecule has 0 aliphatic heterocycles. The maximum Gasteiger partial charge on any atom is 0.242 e. The first kappa shape index (κ1) is 24.5. The minimum atomic E-state index is -3.29. The highest BCUT2D eigenvalue weighted by atomic mass is 32.2. The molecule has 0 radical (unpaired) electrons. The summed E-state index contributed by atoms with van der Waals surface area (Å²) < 4.78 is 36.1. The number of benzene rings is 2. The van der Waals surface area contributed by atoms with Crippen LogP contribution in [0.1, 0.15) is 6.42 Å². The van der Waals surface area contributed by atoms with Gasteiger partial charge in [0, 0.05) is 25.4 Å².